The Hall–Kier alpha value is -2.99. The number of unbranched alkanes of at least 4 members (excludes halogenated alkanes) is 34. The quantitative estimate of drug-likeness (QED) is 0.0267. The number of imidazole rings is 1. The second-order valence-electron chi connectivity index (χ2n) is 25.1. The summed E-state index contributed by atoms with van der Waals surface area (Å²) in [5.74, 6) is -0.812. The van der Waals surface area contributed by atoms with Crippen molar-refractivity contribution in [2.75, 3.05) is 26.3 Å². The number of carbonyl (C=O) groups excluding carboxylic acids is 4. The second-order valence-corrected chi connectivity index (χ2v) is 25.1. The highest BCUT2D eigenvalue weighted by Gasteiger charge is 2.40. The molecule has 0 amide bonds. The highest BCUT2D eigenvalue weighted by Crippen LogP contribution is 2.34. The van der Waals surface area contributed by atoms with E-state index in [4.69, 9.17) is 23.7 Å². The number of ether oxygens (including phenoxy) is 5. The van der Waals surface area contributed by atoms with Gasteiger partial charge in [-0.15, -0.1) is 0 Å². The van der Waals surface area contributed by atoms with Gasteiger partial charge >= 0.3 is 23.9 Å². The molecule has 0 N–H and O–H groups in total. The summed E-state index contributed by atoms with van der Waals surface area (Å²) >= 11 is 0. The number of aromatic nitrogens is 2. The third-order valence-electron chi connectivity index (χ3n) is 17.3. The first-order valence-corrected chi connectivity index (χ1v) is 35.7. The molecule has 0 bridgehead atoms. The van der Waals surface area contributed by atoms with Crippen molar-refractivity contribution < 1.29 is 42.9 Å². The largest absolute Gasteiger partial charge is 0.466 e. The van der Waals surface area contributed by atoms with Gasteiger partial charge in [-0.05, 0) is 71.3 Å². The van der Waals surface area contributed by atoms with Crippen LogP contribution in [0.4, 0.5) is 0 Å². The zero-order valence-corrected chi connectivity index (χ0v) is 55.1. The van der Waals surface area contributed by atoms with Crippen LogP contribution in [-0.4, -0.2) is 88.7 Å². The molecule has 0 aromatic carbocycles. The molecule has 1 aromatic heterocycles. The Kier molecular flexibility index (Phi) is 48.8. The van der Waals surface area contributed by atoms with E-state index in [1.807, 2.05) is 17.7 Å². The van der Waals surface area contributed by atoms with Gasteiger partial charge in [-0.2, -0.15) is 0 Å². The topological polar surface area (TPSA) is 135 Å². The van der Waals surface area contributed by atoms with E-state index in [0.717, 1.165) is 121 Å². The van der Waals surface area contributed by atoms with Gasteiger partial charge in [0.25, 0.3) is 0 Å². The van der Waals surface area contributed by atoms with Gasteiger partial charge in [-0.1, -0.05) is 253 Å². The summed E-state index contributed by atoms with van der Waals surface area (Å²) in [6.45, 7) is 15.7. The minimum Gasteiger partial charge on any atom is -0.466 e. The van der Waals surface area contributed by atoms with E-state index in [1.165, 1.54) is 173 Å². The fourth-order valence-corrected chi connectivity index (χ4v) is 12.0. The van der Waals surface area contributed by atoms with Gasteiger partial charge < -0.3 is 28.3 Å². The van der Waals surface area contributed by atoms with Gasteiger partial charge in [0.1, 0.15) is 18.0 Å². The van der Waals surface area contributed by atoms with Crippen LogP contribution in [0, 0.1) is 6.92 Å². The number of likely N-dealkylation sites (tertiary alicyclic amines) is 1. The molecule has 2 rings (SSSR count). The van der Waals surface area contributed by atoms with Crippen molar-refractivity contribution in [1.29, 1.82) is 0 Å². The monoisotopic (exact) mass is 1170 g/mol. The maximum absolute atomic E-state index is 14.1. The van der Waals surface area contributed by atoms with E-state index < -0.39 is 17.9 Å². The molecule has 12 heteroatoms. The van der Waals surface area contributed by atoms with Crippen LogP contribution >= 0.6 is 0 Å². The molecule has 1 aliphatic heterocycles. The van der Waals surface area contributed by atoms with Gasteiger partial charge in [-0.25, -0.2) is 4.98 Å². The first kappa shape index (κ1) is 76.1. The van der Waals surface area contributed by atoms with E-state index in [-0.39, 0.29) is 36.4 Å². The maximum atomic E-state index is 14.1. The molecule has 0 saturated carbocycles. The van der Waals surface area contributed by atoms with Crippen molar-refractivity contribution in [3.63, 3.8) is 0 Å². The number of hydrogen-bond acceptors (Lipinski definition) is 11. The van der Waals surface area contributed by atoms with E-state index >= 15 is 0 Å². The minimum absolute atomic E-state index is 0.116. The summed E-state index contributed by atoms with van der Waals surface area (Å²) in [4.78, 5) is 59.6. The first-order chi connectivity index (χ1) is 40.6. The highest BCUT2D eigenvalue weighted by atomic mass is 16.7. The van der Waals surface area contributed by atoms with Gasteiger partial charge in [0.15, 0.2) is 0 Å². The molecule has 1 aliphatic rings. The summed E-state index contributed by atoms with van der Waals surface area (Å²) in [7, 11) is 0. The van der Waals surface area contributed by atoms with Crippen LogP contribution in [-0.2, 0) is 49.4 Å². The number of aryl methyl sites for hydroxylation is 2. The van der Waals surface area contributed by atoms with Gasteiger partial charge in [0.05, 0.1) is 25.7 Å². The molecule has 1 unspecified atom stereocenters. The van der Waals surface area contributed by atoms with Gasteiger partial charge in [0.2, 0.25) is 5.79 Å². The molecule has 83 heavy (non-hydrogen) atoms. The molecular formula is C71H131N3O9. The molecular weight excluding hydrogens is 1040 g/mol. The smallest absolute Gasteiger partial charge is 0.323 e. The Morgan fingerprint density at radius 3 is 1.42 bits per heavy atom. The zero-order chi connectivity index (χ0) is 60.1. The molecule has 1 saturated heterocycles. The standard InChI is InChI=1S/C71H131N3O9/c1-7-12-17-22-27-28-29-36-46-59-79-67(75)50-42-38-45-56-74-62-65(81-68(76)52-57-73-58-55-72-63(73)6)61-66(74)70(78)80-60-47-37-30-33-41-51-69(77)83-71(53-43-34-25-20-15-10-4,54-44-35-26-21-16-11-5)82-64(48-39-31-23-18-13-8-2)49-40-32-24-19-14-9-3/h55,58,64-66H,7-54,56-57,59-62H2,1-6H3/t65?,66-/m0/s1. The Morgan fingerprint density at radius 2 is 0.928 bits per heavy atom. The van der Waals surface area contributed by atoms with Crippen LogP contribution < -0.4 is 0 Å². The predicted octanol–water partition coefficient (Wildman–Crippen LogP) is 19.7. The summed E-state index contributed by atoms with van der Waals surface area (Å²) in [5.41, 5.74) is 0. The summed E-state index contributed by atoms with van der Waals surface area (Å²) < 4.78 is 33.4. The number of nitrogens with zero attached hydrogens (tertiary/aromatic N) is 3. The van der Waals surface area contributed by atoms with Crippen molar-refractivity contribution in [2.24, 2.45) is 0 Å². The lowest BCUT2D eigenvalue weighted by atomic mass is 9.97. The van der Waals surface area contributed by atoms with Crippen LogP contribution in [0.3, 0.4) is 0 Å². The molecule has 2 atom stereocenters. The maximum Gasteiger partial charge on any atom is 0.323 e. The SMILES string of the molecule is CCCCCCCCCCCOC(=O)CCCCCN1CC(OC(=O)CCn2ccnc2C)C[C@H]1C(=O)OCCCCCCCC(=O)OC(CCCCCCCC)(CCCCCCCC)OC(CCCCCCCC)CCCCCCCC. The lowest BCUT2D eigenvalue weighted by molar-refractivity contribution is -0.259. The van der Waals surface area contributed by atoms with E-state index in [0.29, 0.717) is 52.1 Å². The number of rotatable bonds is 60. The lowest BCUT2D eigenvalue weighted by Crippen LogP contribution is -2.42. The fourth-order valence-electron chi connectivity index (χ4n) is 12.0. The third-order valence-corrected chi connectivity index (χ3v) is 17.3. The van der Waals surface area contributed by atoms with Gasteiger partial charge in [0, 0.05) is 57.6 Å². The third kappa shape index (κ3) is 40.9. The zero-order valence-electron chi connectivity index (χ0n) is 55.1. The van der Waals surface area contributed by atoms with Crippen LogP contribution in [0.15, 0.2) is 12.4 Å². The van der Waals surface area contributed by atoms with E-state index in [2.05, 4.69) is 44.5 Å². The van der Waals surface area contributed by atoms with Gasteiger partial charge in [-0.3, -0.25) is 24.1 Å². The number of carbonyl (C=O) groups is 4. The molecule has 0 aliphatic carbocycles. The van der Waals surface area contributed by atoms with Crippen LogP contribution in [0.1, 0.15) is 355 Å². The molecule has 1 aromatic rings. The van der Waals surface area contributed by atoms with Crippen LogP contribution in [0.5, 0.6) is 0 Å². The Labute approximate surface area is 510 Å². The first-order valence-electron chi connectivity index (χ1n) is 35.7. The highest BCUT2D eigenvalue weighted by molar-refractivity contribution is 5.76. The van der Waals surface area contributed by atoms with Crippen molar-refractivity contribution in [3.05, 3.63) is 18.2 Å². The Morgan fingerprint density at radius 1 is 0.494 bits per heavy atom. The normalized spacial score (nSPS) is 14.7. The van der Waals surface area contributed by atoms with Crippen molar-refractivity contribution in [1.82, 2.24) is 14.5 Å². The van der Waals surface area contributed by atoms with Crippen LogP contribution in [0.2, 0.25) is 0 Å². The number of hydrogen-bond donors (Lipinski definition) is 0. The van der Waals surface area contributed by atoms with E-state index in [9.17, 15) is 19.2 Å². The molecule has 2 heterocycles. The number of esters is 4. The van der Waals surface area contributed by atoms with E-state index in [1.54, 1.807) is 6.20 Å². The summed E-state index contributed by atoms with van der Waals surface area (Å²) in [6, 6.07) is -0.490. The summed E-state index contributed by atoms with van der Waals surface area (Å²) in [6.07, 6.45) is 55.6. The van der Waals surface area contributed by atoms with Crippen LogP contribution in [0.25, 0.3) is 0 Å². The van der Waals surface area contributed by atoms with Crippen molar-refractivity contribution in [3.8, 4) is 0 Å². The second kappa shape index (κ2) is 53.3. The Balaban J connectivity index is 1.96. The van der Waals surface area contributed by atoms with Crippen molar-refractivity contribution in [2.45, 2.75) is 387 Å². The van der Waals surface area contributed by atoms with Crippen molar-refractivity contribution >= 4 is 23.9 Å². The molecule has 1 fully saturated rings. The molecule has 0 radical (unpaired) electrons. The Bertz CT molecular complexity index is 1650. The average Bonchev–Trinajstić information content (AvgIpc) is 4.25. The fraction of sp³-hybridized carbons (Fsp3) is 0.901. The predicted molar refractivity (Wildman–Crippen MR) is 342 cm³/mol. The average molecular weight is 1170 g/mol. The molecule has 484 valence electrons. The molecule has 12 nitrogen and oxygen atoms in total. The molecule has 0 spiro atoms. The lowest BCUT2D eigenvalue weighted by Gasteiger charge is -2.37. The minimum atomic E-state index is -0.857. The summed E-state index contributed by atoms with van der Waals surface area (Å²) in [5, 5.41) is 0.